The normalized spacial score (nSPS) is 11.9. The van der Waals surface area contributed by atoms with Crippen LogP contribution in [-0.4, -0.2) is 24.1 Å². The topological polar surface area (TPSA) is 61.7 Å². The zero-order chi connectivity index (χ0) is 37.5. The lowest BCUT2D eigenvalue weighted by Gasteiger charge is -2.12. The molecule has 0 saturated carbocycles. The van der Waals surface area contributed by atoms with Crippen molar-refractivity contribution in [2.24, 2.45) is 0 Å². The summed E-state index contributed by atoms with van der Waals surface area (Å²) in [7, 11) is 0. The van der Waals surface area contributed by atoms with E-state index in [2.05, 4.69) is 124 Å². The molecule has 4 aromatic heterocycles. The summed E-state index contributed by atoms with van der Waals surface area (Å²) in [5.74, 6) is 1.87. The third-order valence-electron chi connectivity index (χ3n) is 11.1. The van der Waals surface area contributed by atoms with Gasteiger partial charge < -0.3 is 13.6 Å². The molecule has 266 valence electrons. The maximum atomic E-state index is 6.50. The van der Waals surface area contributed by atoms with E-state index in [0.29, 0.717) is 17.5 Å². The van der Waals surface area contributed by atoms with E-state index in [1.165, 1.54) is 21.7 Å². The summed E-state index contributed by atoms with van der Waals surface area (Å²) < 4.78 is 11.3. The van der Waals surface area contributed by atoms with E-state index >= 15 is 0 Å². The molecule has 6 heteroatoms. The number of rotatable bonds is 5. The Balaban J connectivity index is 1.18. The van der Waals surface area contributed by atoms with Gasteiger partial charge in [0.05, 0.1) is 27.5 Å². The fourth-order valence-corrected chi connectivity index (χ4v) is 8.62. The molecule has 0 fully saturated rings. The fraction of sp³-hybridized carbons (Fsp3) is 0. The number of para-hydroxylation sites is 3. The van der Waals surface area contributed by atoms with E-state index in [-0.39, 0.29) is 0 Å². The minimum absolute atomic E-state index is 0.607. The Bertz CT molecular complexity index is 3450. The number of benzene rings is 8. The van der Waals surface area contributed by atoms with Crippen molar-refractivity contribution >= 4 is 65.6 Å². The summed E-state index contributed by atoms with van der Waals surface area (Å²) in [5, 5.41) is 6.92. The van der Waals surface area contributed by atoms with Crippen molar-refractivity contribution in [1.82, 2.24) is 24.1 Å². The highest BCUT2D eigenvalue weighted by Crippen LogP contribution is 2.44. The van der Waals surface area contributed by atoms with Gasteiger partial charge in [0.15, 0.2) is 17.5 Å². The summed E-state index contributed by atoms with van der Waals surface area (Å²) in [6.07, 6.45) is 0. The lowest BCUT2D eigenvalue weighted by molar-refractivity contribution is 0.669. The van der Waals surface area contributed by atoms with Crippen LogP contribution in [0.5, 0.6) is 0 Å². The van der Waals surface area contributed by atoms with Crippen LogP contribution < -0.4 is 0 Å². The van der Waals surface area contributed by atoms with Gasteiger partial charge in [-0.3, -0.25) is 0 Å². The first-order chi connectivity index (χ1) is 28.3. The lowest BCUT2D eigenvalue weighted by atomic mass is 10.1. The molecule has 12 rings (SSSR count). The molecule has 0 radical (unpaired) electrons. The van der Waals surface area contributed by atoms with Crippen LogP contribution in [0, 0.1) is 0 Å². The second-order valence-corrected chi connectivity index (χ2v) is 14.4. The van der Waals surface area contributed by atoms with E-state index in [1.54, 1.807) is 0 Å². The molecule has 0 atom stereocenters. The van der Waals surface area contributed by atoms with Gasteiger partial charge in [-0.2, -0.15) is 0 Å². The molecule has 6 nitrogen and oxygen atoms in total. The quantitative estimate of drug-likeness (QED) is 0.177. The lowest BCUT2D eigenvalue weighted by Crippen LogP contribution is -2.01. The van der Waals surface area contributed by atoms with Crippen LogP contribution in [0.2, 0.25) is 0 Å². The van der Waals surface area contributed by atoms with Gasteiger partial charge in [-0.15, -0.1) is 0 Å². The Morgan fingerprint density at radius 1 is 0.333 bits per heavy atom. The minimum atomic E-state index is 0.607. The second kappa shape index (κ2) is 12.3. The van der Waals surface area contributed by atoms with Crippen LogP contribution in [-0.2, 0) is 0 Å². The van der Waals surface area contributed by atoms with Crippen LogP contribution in [0.4, 0.5) is 0 Å². The molecule has 57 heavy (non-hydrogen) atoms. The van der Waals surface area contributed by atoms with E-state index in [0.717, 1.165) is 71.9 Å². The predicted molar refractivity (Wildman–Crippen MR) is 232 cm³/mol. The molecule has 0 spiro atoms. The van der Waals surface area contributed by atoms with E-state index in [1.807, 2.05) is 72.8 Å². The molecular weight excluding hydrogens is 699 g/mol. The van der Waals surface area contributed by atoms with Gasteiger partial charge in [-0.25, -0.2) is 15.0 Å². The van der Waals surface area contributed by atoms with Crippen molar-refractivity contribution in [3.63, 3.8) is 0 Å². The van der Waals surface area contributed by atoms with Crippen LogP contribution in [0.1, 0.15) is 0 Å². The fourth-order valence-electron chi connectivity index (χ4n) is 8.62. The number of hydrogen-bond acceptors (Lipinski definition) is 4. The SMILES string of the molecule is c1ccc(-c2nc(-c3ccccc3)nc(-c3cccc(-n4c5cc6c(cc5c5ccc7oc8ccccc8c7c54)c4ccccc4n6-c4ccccc4)c3)n2)cc1. The molecule has 0 N–H and O–H groups in total. The Morgan fingerprint density at radius 3 is 1.63 bits per heavy atom. The Kier molecular flexibility index (Phi) is 6.83. The van der Waals surface area contributed by atoms with Crippen molar-refractivity contribution in [1.29, 1.82) is 0 Å². The van der Waals surface area contributed by atoms with E-state index in [9.17, 15) is 0 Å². The molecule has 0 aliphatic heterocycles. The smallest absolute Gasteiger partial charge is 0.164 e. The van der Waals surface area contributed by atoms with Gasteiger partial charge in [0.2, 0.25) is 0 Å². The first-order valence-electron chi connectivity index (χ1n) is 19.1. The summed E-state index contributed by atoms with van der Waals surface area (Å²) >= 11 is 0. The zero-order valence-electron chi connectivity index (χ0n) is 30.5. The van der Waals surface area contributed by atoms with Crippen molar-refractivity contribution in [2.45, 2.75) is 0 Å². The predicted octanol–water partition coefficient (Wildman–Crippen LogP) is 13.0. The highest BCUT2D eigenvalue weighted by molar-refractivity contribution is 6.27. The van der Waals surface area contributed by atoms with Gasteiger partial charge in [-0.1, -0.05) is 127 Å². The highest BCUT2D eigenvalue weighted by atomic mass is 16.3. The summed E-state index contributed by atoms with van der Waals surface area (Å²) in [4.78, 5) is 15.1. The highest BCUT2D eigenvalue weighted by Gasteiger charge is 2.23. The summed E-state index contributed by atoms with van der Waals surface area (Å²) in [6, 6.07) is 65.5. The second-order valence-electron chi connectivity index (χ2n) is 14.4. The first kappa shape index (κ1) is 31.5. The number of fused-ring (bicyclic) bond motifs is 10. The maximum absolute atomic E-state index is 6.50. The average Bonchev–Trinajstić information content (AvgIpc) is 3.93. The van der Waals surface area contributed by atoms with Crippen LogP contribution in [0.25, 0.3) is 111 Å². The van der Waals surface area contributed by atoms with Gasteiger partial charge in [-0.05, 0) is 60.7 Å². The largest absolute Gasteiger partial charge is 0.456 e. The first-order valence-corrected chi connectivity index (χ1v) is 19.1. The molecular formula is C51H31N5O. The number of furan rings is 1. The van der Waals surface area contributed by atoms with Crippen LogP contribution in [0.3, 0.4) is 0 Å². The average molecular weight is 730 g/mol. The molecule has 0 aliphatic carbocycles. The van der Waals surface area contributed by atoms with Gasteiger partial charge in [0.1, 0.15) is 11.2 Å². The molecule has 0 unspecified atom stereocenters. The third-order valence-corrected chi connectivity index (χ3v) is 11.1. The van der Waals surface area contributed by atoms with E-state index < -0.39 is 0 Å². The van der Waals surface area contributed by atoms with Crippen molar-refractivity contribution in [3.05, 3.63) is 188 Å². The Morgan fingerprint density at radius 2 is 0.895 bits per heavy atom. The standard InChI is InChI=1S/C51H31N5O/c1-4-15-32(16-5-1)49-52-50(33-17-6-2-7-18-33)54-51(53-49)34-19-14-22-36(29-34)56-44-31-43-40(37-23-10-12-25-42(37)55(43)35-20-8-3-9-21-35)30-41(44)38-27-28-46-47(48(38)56)39-24-11-13-26-45(39)57-46/h1-31H. The van der Waals surface area contributed by atoms with Crippen molar-refractivity contribution in [2.75, 3.05) is 0 Å². The number of hydrogen-bond donors (Lipinski definition) is 0. The molecule has 4 heterocycles. The number of aromatic nitrogens is 5. The Labute approximate surface area is 326 Å². The molecule has 0 saturated heterocycles. The molecule has 8 aromatic carbocycles. The molecule has 0 amide bonds. The van der Waals surface area contributed by atoms with Gasteiger partial charge >= 0.3 is 0 Å². The van der Waals surface area contributed by atoms with E-state index in [4.69, 9.17) is 19.4 Å². The Hall–Kier alpha value is -7.83. The zero-order valence-corrected chi connectivity index (χ0v) is 30.5. The monoisotopic (exact) mass is 729 g/mol. The molecule has 12 aromatic rings. The molecule has 0 aliphatic rings. The van der Waals surface area contributed by atoms with Gasteiger partial charge in [0, 0.05) is 55.0 Å². The maximum Gasteiger partial charge on any atom is 0.164 e. The molecule has 0 bridgehead atoms. The third kappa shape index (κ3) is 4.87. The van der Waals surface area contributed by atoms with Gasteiger partial charge in [0.25, 0.3) is 0 Å². The van der Waals surface area contributed by atoms with Crippen LogP contribution >= 0.6 is 0 Å². The van der Waals surface area contributed by atoms with Crippen molar-refractivity contribution in [3.8, 4) is 45.5 Å². The van der Waals surface area contributed by atoms with Crippen LogP contribution in [0.15, 0.2) is 192 Å². The summed E-state index contributed by atoms with van der Waals surface area (Å²) in [5.41, 5.74) is 11.1. The minimum Gasteiger partial charge on any atom is -0.456 e. The van der Waals surface area contributed by atoms with Crippen molar-refractivity contribution < 1.29 is 4.42 Å². The summed E-state index contributed by atoms with van der Waals surface area (Å²) in [6.45, 7) is 0. The number of nitrogens with zero attached hydrogens (tertiary/aromatic N) is 5.